The fourth-order valence-corrected chi connectivity index (χ4v) is 2.62. The van der Waals surface area contributed by atoms with E-state index in [1.807, 2.05) is 0 Å². The maximum absolute atomic E-state index is 12.2. The summed E-state index contributed by atoms with van der Waals surface area (Å²) >= 11 is 0. The summed E-state index contributed by atoms with van der Waals surface area (Å²) in [6.07, 6.45) is 0. The molecular weight excluding hydrogens is 276 g/mol. The van der Waals surface area contributed by atoms with Crippen LogP contribution in [0.15, 0.2) is 38.8 Å². The molecule has 102 valence electrons. The van der Waals surface area contributed by atoms with Crippen LogP contribution in [0.5, 0.6) is 11.6 Å². The first-order chi connectivity index (χ1) is 9.07. The number of phenols is 1. The minimum atomic E-state index is -4.11. The number of aromatic hydroxyl groups is 1. The second-order valence-corrected chi connectivity index (χ2v) is 5.25. The van der Waals surface area contributed by atoms with Crippen LogP contribution < -0.4 is 4.74 Å². The van der Waals surface area contributed by atoms with Crippen molar-refractivity contribution >= 4 is 9.84 Å². The maximum atomic E-state index is 12.2. The Morgan fingerprint density at radius 2 is 2.00 bits per heavy atom. The molecule has 0 atom stereocenters. The highest BCUT2D eigenvalue weighted by Gasteiger charge is 2.30. The Bertz CT molecular complexity index is 666. The lowest BCUT2D eigenvalue weighted by Gasteiger charge is -2.04. The molecule has 1 heterocycles. The van der Waals surface area contributed by atoms with Gasteiger partial charge in [-0.2, -0.15) is 0 Å². The number of aliphatic hydroxyl groups excluding tert-OH is 1. The van der Waals surface area contributed by atoms with Crippen molar-refractivity contribution in [2.24, 2.45) is 0 Å². The zero-order valence-corrected chi connectivity index (χ0v) is 10.4. The summed E-state index contributed by atoms with van der Waals surface area (Å²) in [7, 11) is -4.11. The molecule has 0 aliphatic heterocycles. The van der Waals surface area contributed by atoms with Gasteiger partial charge in [0.05, 0.1) is 6.61 Å². The lowest BCUT2D eigenvalue weighted by molar-refractivity contribution is 0.186. The van der Waals surface area contributed by atoms with Gasteiger partial charge in [-0.05, 0) is 22.4 Å². The van der Waals surface area contributed by atoms with Crippen molar-refractivity contribution in [2.45, 2.75) is 9.92 Å². The number of benzene rings is 1. The Morgan fingerprint density at radius 3 is 2.68 bits per heavy atom. The van der Waals surface area contributed by atoms with Gasteiger partial charge in [0, 0.05) is 0 Å². The van der Waals surface area contributed by atoms with E-state index < -0.39 is 20.6 Å². The fourth-order valence-electron chi connectivity index (χ4n) is 1.36. The number of aliphatic hydroxyl groups is 1. The molecule has 19 heavy (non-hydrogen) atoms. The molecule has 0 radical (unpaired) electrons. The van der Waals surface area contributed by atoms with Crippen LogP contribution in [0.1, 0.15) is 0 Å². The van der Waals surface area contributed by atoms with Crippen LogP contribution in [0.2, 0.25) is 0 Å². The standard InChI is InChI=1S/C10H10N2O6S/c13-5-6-17-9-10(12-18-11-9)19(15,16)8-4-2-1-3-7(8)14/h1-4,13-14H,5-6H2. The third-order valence-electron chi connectivity index (χ3n) is 2.17. The Morgan fingerprint density at radius 1 is 1.26 bits per heavy atom. The average Bonchev–Trinajstić information content (AvgIpc) is 2.85. The maximum Gasteiger partial charge on any atom is 0.295 e. The summed E-state index contributed by atoms with van der Waals surface area (Å²) in [5.41, 5.74) is 0. The van der Waals surface area contributed by atoms with Crippen LogP contribution in [-0.4, -0.2) is 42.2 Å². The molecule has 0 fully saturated rings. The zero-order valence-electron chi connectivity index (χ0n) is 9.55. The molecule has 0 saturated carbocycles. The van der Waals surface area contributed by atoms with Gasteiger partial charge in [-0.25, -0.2) is 13.0 Å². The van der Waals surface area contributed by atoms with Gasteiger partial charge in [0.1, 0.15) is 17.3 Å². The molecule has 0 aliphatic rings. The number of hydrogen-bond donors (Lipinski definition) is 2. The number of phenolic OH excluding ortho intramolecular Hbond substituents is 1. The SMILES string of the molecule is O=S(=O)(c1ccccc1O)c1nonc1OCCO. The highest BCUT2D eigenvalue weighted by molar-refractivity contribution is 7.91. The van der Waals surface area contributed by atoms with E-state index in [9.17, 15) is 13.5 Å². The average molecular weight is 286 g/mol. The lowest BCUT2D eigenvalue weighted by Crippen LogP contribution is -2.08. The van der Waals surface area contributed by atoms with Crippen LogP contribution >= 0.6 is 0 Å². The monoisotopic (exact) mass is 286 g/mol. The molecule has 0 spiro atoms. The van der Waals surface area contributed by atoms with Gasteiger partial charge in [-0.15, -0.1) is 0 Å². The van der Waals surface area contributed by atoms with Crippen molar-refractivity contribution in [1.82, 2.24) is 10.3 Å². The molecule has 2 rings (SSSR count). The number of para-hydroxylation sites is 1. The lowest BCUT2D eigenvalue weighted by atomic mass is 10.3. The van der Waals surface area contributed by atoms with Gasteiger partial charge in [-0.3, -0.25) is 0 Å². The quantitative estimate of drug-likeness (QED) is 0.786. The van der Waals surface area contributed by atoms with Crippen LogP contribution in [0.25, 0.3) is 0 Å². The number of rotatable bonds is 5. The van der Waals surface area contributed by atoms with Gasteiger partial charge in [0.15, 0.2) is 0 Å². The first-order valence-electron chi connectivity index (χ1n) is 5.16. The van der Waals surface area contributed by atoms with Crippen molar-refractivity contribution in [3.05, 3.63) is 24.3 Å². The highest BCUT2D eigenvalue weighted by Crippen LogP contribution is 2.31. The Balaban J connectivity index is 2.46. The fraction of sp³-hybridized carbons (Fsp3) is 0.200. The Kier molecular flexibility index (Phi) is 3.67. The molecule has 9 heteroatoms. The number of aromatic nitrogens is 2. The van der Waals surface area contributed by atoms with Crippen molar-refractivity contribution < 1.29 is 28.0 Å². The molecule has 1 aromatic heterocycles. The largest absolute Gasteiger partial charge is 0.507 e. The summed E-state index contributed by atoms with van der Waals surface area (Å²) in [6, 6.07) is 5.39. The first kappa shape index (κ1) is 13.3. The van der Waals surface area contributed by atoms with Crippen molar-refractivity contribution in [1.29, 1.82) is 0 Å². The van der Waals surface area contributed by atoms with Gasteiger partial charge in [-0.1, -0.05) is 12.1 Å². The topological polar surface area (TPSA) is 123 Å². The van der Waals surface area contributed by atoms with Crippen LogP contribution in [0.3, 0.4) is 0 Å². The number of nitrogens with zero attached hydrogens (tertiary/aromatic N) is 2. The molecule has 0 bridgehead atoms. The molecule has 1 aromatic carbocycles. The van der Waals surface area contributed by atoms with Crippen molar-refractivity contribution in [3.8, 4) is 11.6 Å². The van der Waals surface area contributed by atoms with E-state index in [1.54, 1.807) is 0 Å². The smallest absolute Gasteiger partial charge is 0.295 e. The molecule has 8 nitrogen and oxygen atoms in total. The summed E-state index contributed by atoms with van der Waals surface area (Å²) in [5.74, 6) is -0.782. The van der Waals surface area contributed by atoms with Gasteiger partial charge < -0.3 is 14.9 Å². The van der Waals surface area contributed by atoms with E-state index in [0.29, 0.717) is 0 Å². The Hall–Kier alpha value is -2.13. The minimum absolute atomic E-state index is 0.155. The third kappa shape index (κ3) is 2.51. The summed E-state index contributed by atoms with van der Waals surface area (Å²) < 4.78 is 33.7. The number of sulfone groups is 1. The Labute approximate surface area is 108 Å². The summed E-state index contributed by atoms with van der Waals surface area (Å²) in [6.45, 7) is -0.472. The van der Waals surface area contributed by atoms with E-state index in [4.69, 9.17) is 9.84 Å². The van der Waals surface area contributed by atoms with Gasteiger partial charge in [0.25, 0.3) is 10.9 Å². The highest BCUT2D eigenvalue weighted by atomic mass is 32.2. The van der Waals surface area contributed by atoms with E-state index in [-0.39, 0.29) is 24.0 Å². The van der Waals surface area contributed by atoms with E-state index in [1.165, 1.54) is 24.3 Å². The third-order valence-corrected chi connectivity index (χ3v) is 3.85. The second kappa shape index (κ2) is 5.24. The molecule has 0 aliphatic carbocycles. The summed E-state index contributed by atoms with van der Waals surface area (Å²) in [4.78, 5) is -0.334. The van der Waals surface area contributed by atoms with Crippen molar-refractivity contribution in [2.75, 3.05) is 13.2 Å². The molecule has 0 amide bonds. The van der Waals surface area contributed by atoms with Crippen LogP contribution in [0, 0.1) is 0 Å². The second-order valence-electron chi connectivity index (χ2n) is 3.42. The van der Waals surface area contributed by atoms with E-state index >= 15 is 0 Å². The van der Waals surface area contributed by atoms with Crippen LogP contribution in [-0.2, 0) is 9.84 Å². The predicted molar refractivity (Wildman–Crippen MR) is 60.4 cm³/mol. The van der Waals surface area contributed by atoms with Crippen LogP contribution in [0.4, 0.5) is 0 Å². The first-order valence-corrected chi connectivity index (χ1v) is 6.65. The number of hydrogen-bond acceptors (Lipinski definition) is 8. The summed E-state index contributed by atoms with van der Waals surface area (Å²) in [5, 5.41) is 24.2. The molecule has 2 aromatic rings. The normalized spacial score (nSPS) is 11.4. The molecule has 2 N–H and O–H groups in total. The number of ether oxygens (including phenoxy) is 1. The minimum Gasteiger partial charge on any atom is -0.507 e. The van der Waals surface area contributed by atoms with Crippen molar-refractivity contribution in [3.63, 3.8) is 0 Å². The molecule has 0 saturated heterocycles. The van der Waals surface area contributed by atoms with E-state index in [0.717, 1.165) is 0 Å². The molecule has 0 unspecified atom stereocenters. The van der Waals surface area contributed by atoms with Gasteiger partial charge >= 0.3 is 0 Å². The predicted octanol–water partition coefficient (Wildman–Crippen LogP) is -0.0209. The van der Waals surface area contributed by atoms with E-state index in [2.05, 4.69) is 14.9 Å². The molecular formula is C10H10N2O6S. The van der Waals surface area contributed by atoms with Gasteiger partial charge in [0.2, 0.25) is 9.84 Å². The zero-order chi connectivity index (χ0) is 13.9.